The van der Waals surface area contributed by atoms with Crippen LogP contribution in [-0.4, -0.2) is 42.1 Å². The molecule has 0 aliphatic heterocycles. The topological polar surface area (TPSA) is 108 Å². The van der Waals surface area contributed by atoms with Gasteiger partial charge in [0.05, 0.1) is 16.8 Å². The van der Waals surface area contributed by atoms with Gasteiger partial charge in [0.15, 0.2) is 0 Å². The predicted octanol–water partition coefficient (Wildman–Crippen LogP) is 5.39. The maximum absolute atomic E-state index is 12.5. The van der Waals surface area contributed by atoms with Gasteiger partial charge in [0, 0.05) is 29.2 Å². The number of hydrogen-bond acceptors (Lipinski definition) is 9. The van der Waals surface area contributed by atoms with E-state index >= 15 is 0 Å². The van der Waals surface area contributed by atoms with Crippen LogP contribution in [0.2, 0.25) is 0 Å². The fourth-order valence-electron chi connectivity index (χ4n) is 3.65. The third kappa shape index (κ3) is 6.30. The summed E-state index contributed by atoms with van der Waals surface area (Å²) in [6.45, 7) is 7.00. The molecule has 0 radical (unpaired) electrons. The van der Waals surface area contributed by atoms with E-state index in [2.05, 4.69) is 35.1 Å². The lowest BCUT2D eigenvalue weighted by atomic mass is 10.1. The molecule has 0 spiro atoms. The van der Waals surface area contributed by atoms with E-state index < -0.39 is 5.63 Å². The lowest BCUT2D eigenvalue weighted by Gasteiger charge is -2.17. The van der Waals surface area contributed by atoms with Crippen LogP contribution < -0.4 is 10.9 Å². The van der Waals surface area contributed by atoms with Gasteiger partial charge >= 0.3 is 11.6 Å². The second-order valence-corrected chi connectivity index (χ2v) is 8.94. The lowest BCUT2D eigenvalue weighted by Crippen LogP contribution is -2.27. The molecule has 0 aliphatic rings. The maximum atomic E-state index is 12.5. The molecule has 4 aromatic rings. The molecule has 2 aromatic carbocycles. The van der Waals surface area contributed by atoms with Crippen molar-refractivity contribution >= 4 is 39.5 Å². The van der Waals surface area contributed by atoms with Crippen LogP contribution in [0.1, 0.15) is 29.2 Å². The number of fused-ring (bicyclic) bond motifs is 1. The number of para-hydroxylation sites is 1. The molecule has 0 atom stereocenters. The molecule has 9 heteroatoms. The van der Waals surface area contributed by atoms with E-state index in [0.717, 1.165) is 18.5 Å². The van der Waals surface area contributed by atoms with Gasteiger partial charge in [-0.15, -0.1) is 11.3 Å². The molecule has 1 N–H and O–H groups in total. The Morgan fingerprint density at radius 3 is 2.68 bits per heavy atom. The molecule has 188 valence electrons. The van der Waals surface area contributed by atoms with E-state index in [4.69, 9.17) is 9.15 Å². The Bertz CT molecular complexity index is 1510. The number of nitriles is 1. The highest BCUT2D eigenvalue weighted by Crippen LogP contribution is 2.26. The van der Waals surface area contributed by atoms with Crippen LogP contribution in [0.3, 0.4) is 0 Å². The van der Waals surface area contributed by atoms with Gasteiger partial charge in [0.1, 0.15) is 28.8 Å². The average molecular weight is 515 g/mol. The first-order chi connectivity index (χ1) is 18.0. The van der Waals surface area contributed by atoms with Crippen molar-refractivity contribution in [3.05, 3.63) is 87.2 Å². The van der Waals surface area contributed by atoms with Crippen molar-refractivity contribution in [2.45, 2.75) is 13.8 Å². The van der Waals surface area contributed by atoms with Crippen molar-refractivity contribution in [2.24, 2.45) is 0 Å². The zero-order valence-corrected chi connectivity index (χ0v) is 21.4. The van der Waals surface area contributed by atoms with Crippen molar-refractivity contribution < 1.29 is 13.9 Å². The van der Waals surface area contributed by atoms with E-state index in [9.17, 15) is 14.9 Å². The highest BCUT2D eigenvalue weighted by Gasteiger charge is 2.14. The van der Waals surface area contributed by atoms with Crippen LogP contribution in [0, 0.1) is 11.3 Å². The number of likely N-dealkylation sites (N-methyl/N-ethyl adjacent to an activating group) is 1. The number of thiazole rings is 1. The molecular formula is C28H26N4O4S. The second kappa shape index (κ2) is 12.1. The van der Waals surface area contributed by atoms with Crippen LogP contribution in [0.4, 0.5) is 5.69 Å². The summed E-state index contributed by atoms with van der Waals surface area (Å²) in [6, 6.07) is 17.9. The Balaban J connectivity index is 1.42. The number of esters is 1. The molecule has 2 heterocycles. The van der Waals surface area contributed by atoms with Gasteiger partial charge < -0.3 is 19.4 Å². The third-order valence-electron chi connectivity index (χ3n) is 5.81. The quantitative estimate of drug-likeness (QED) is 0.170. The molecule has 37 heavy (non-hydrogen) atoms. The van der Waals surface area contributed by atoms with Gasteiger partial charge in [0.2, 0.25) is 0 Å². The first-order valence-corrected chi connectivity index (χ1v) is 12.8. The van der Waals surface area contributed by atoms with Crippen molar-refractivity contribution in [1.82, 2.24) is 9.88 Å². The zero-order chi connectivity index (χ0) is 26.2. The predicted molar refractivity (Wildman–Crippen MR) is 145 cm³/mol. The second-order valence-electron chi connectivity index (χ2n) is 8.08. The van der Waals surface area contributed by atoms with Crippen molar-refractivity contribution in [3.63, 3.8) is 0 Å². The number of rotatable bonds is 10. The molecule has 2 aromatic heterocycles. The number of benzene rings is 2. The van der Waals surface area contributed by atoms with Crippen LogP contribution in [-0.2, 0) is 4.74 Å². The molecular weight excluding hydrogens is 488 g/mol. The standard InChI is InChI=1S/C28H26N4O4S/c1-3-32(4-2)13-14-35-27(33)19-9-11-22(12-10-19)30-17-21(16-29)26-31-24(18-37-26)23-15-20-7-5-6-8-25(20)36-28(23)34/h5-12,15,17-18,30H,3-4,13-14H2,1-2H3. The Morgan fingerprint density at radius 1 is 1.19 bits per heavy atom. The van der Waals surface area contributed by atoms with Crippen molar-refractivity contribution in [2.75, 3.05) is 31.6 Å². The van der Waals surface area contributed by atoms with Gasteiger partial charge in [0.25, 0.3) is 0 Å². The minimum absolute atomic E-state index is 0.307. The normalized spacial score (nSPS) is 11.5. The van der Waals surface area contributed by atoms with Crippen LogP contribution in [0.15, 0.2) is 75.4 Å². The van der Waals surface area contributed by atoms with Crippen molar-refractivity contribution in [1.29, 1.82) is 5.26 Å². The lowest BCUT2D eigenvalue weighted by molar-refractivity contribution is 0.0466. The number of nitrogens with zero attached hydrogens (tertiary/aromatic N) is 3. The fraction of sp³-hybridized carbons (Fsp3) is 0.214. The Kier molecular flexibility index (Phi) is 8.46. The molecule has 0 saturated carbocycles. The van der Waals surface area contributed by atoms with E-state index in [1.54, 1.807) is 54.0 Å². The third-order valence-corrected chi connectivity index (χ3v) is 6.69. The summed E-state index contributed by atoms with van der Waals surface area (Å²) in [5.74, 6) is -0.375. The van der Waals surface area contributed by atoms with E-state index in [1.807, 2.05) is 12.1 Å². The number of allylic oxidation sites excluding steroid dienone is 1. The van der Waals surface area contributed by atoms with E-state index in [0.29, 0.717) is 51.8 Å². The number of carbonyl (C=O) groups excluding carboxylic acids is 1. The summed E-state index contributed by atoms with van der Waals surface area (Å²) in [7, 11) is 0. The molecule has 0 amide bonds. The molecule has 0 saturated heterocycles. The number of nitrogens with one attached hydrogen (secondary N) is 1. The largest absolute Gasteiger partial charge is 0.461 e. The van der Waals surface area contributed by atoms with Gasteiger partial charge in [-0.1, -0.05) is 32.0 Å². The average Bonchev–Trinajstić information content (AvgIpc) is 3.41. The monoisotopic (exact) mass is 514 g/mol. The maximum Gasteiger partial charge on any atom is 0.345 e. The van der Waals surface area contributed by atoms with Crippen LogP contribution in [0.25, 0.3) is 27.8 Å². The summed E-state index contributed by atoms with van der Waals surface area (Å²) in [5.41, 5.74) is 2.26. The smallest absolute Gasteiger partial charge is 0.345 e. The summed E-state index contributed by atoms with van der Waals surface area (Å²) >= 11 is 1.26. The molecule has 4 rings (SSSR count). The Labute approximate surface area is 218 Å². The van der Waals surface area contributed by atoms with Gasteiger partial charge in [-0.25, -0.2) is 14.6 Å². The number of hydrogen-bond donors (Lipinski definition) is 1. The van der Waals surface area contributed by atoms with Crippen LogP contribution >= 0.6 is 11.3 Å². The Hall–Kier alpha value is -4.26. The summed E-state index contributed by atoms with van der Waals surface area (Å²) < 4.78 is 10.8. The molecule has 0 aliphatic carbocycles. The van der Waals surface area contributed by atoms with Gasteiger partial charge in [-0.3, -0.25) is 0 Å². The minimum atomic E-state index is -0.483. The van der Waals surface area contributed by atoms with E-state index in [1.165, 1.54) is 11.3 Å². The number of carbonyl (C=O) groups is 1. The van der Waals surface area contributed by atoms with E-state index in [-0.39, 0.29) is 5.97 Å². The SMILES string of the molecule is CCN(CC)CCOC(=O)c1ccc(NC=C(C#N)c2nc(-c3cc4ccccc4oc3=O)cs2)cc1. The Morgan fingerprint density at radius 2 is 1.95 bits per heavy atom. The van der Waals surface area contributed by atoms with Crippen LogP contribution in [0.5, 0.6) is 0 Å². The zero-order valence-electron chi connectivity index (χ0n) is 20.6. The highest BCUT2D eigenvalue weighted by molar-refractivity contribution is 7.11. The number of anilines is 1. The molecule has 0 bridgehead atoms. The number of ether oxygens (including phenoxy) is 1. The first-order valence-electron chi connectivity index (χ1n) is 11.9. The fourth-order valence-corrected chi connectivity index (χ4v) is 4.44. The summed E-state index contributed by atoms with van der Waals surface area (Å²) in [5, 5.41) is 15.7. The van der Waals surface area contributed by atoms with Gasteiger partial charge in [-0.05, 0) is 49.5 Å². The molecule has 0 fully saturated rings. The summed E-state index contributed by atoms with van der Waals surface area (Å²) in [6.07, 6.45) is 1.54. The van der Waals surface area contributed by atoms with Crippen molar-refractivity contribution in [3.8, 4) is 17.3 Å². The summed E-state index contributed by atoms with van der Waals surface area (Å²) in [4.78, 5) is 31.4. The van der Waals surface area contributed by atoms with Gasteiger partial charge in [-0.2, -0.15) is 5.26 Å². The molecule has 8 nitrogen and oxygen atoms in total. The molecule has 0 unspecified atom stereocenters. The first kappa shape index (κ1) is 25.8. The number of aromatic nitrogens is 1. The highest BCUT2D eigenvalue weighted by atomic mass is 32.1. The minimum Gasteiger partial charge on any atom is -0.461 e.